The van der Waals surface area contributed by atoms with Crippen LogP contribution < -0.4 is 11.1 Å². The number of hydrogen-bond donors (Lipinski definition) is 2. The maximum absolute atomic E-state index is 11.4. The predicted octanol–water partition coefficient (Wildman–Crippen LogP) is 0.575. The second kappa shape index (κ2) is 6.58. The summed E-state index contributed by atoms with van der Waals surface area (Å²) in [7, 11) is 0. The van der Waals surface area contributed by atoms with Crippen LogP contribution in [0.4, 0.5) is 0 Å². The Morgan fingerprint density at radius 2 is 2.47 bits per heavy atom. The molecule has 0 aromatic rings. The van der Waals surface area contributed by atoms with Crippen LogP contribution in [0.25, 0.3) is 0 Å². The molecule has 1 fully saturated rings. The van der Waals surface area contributed by atoms with Gasteiger partial charge in [-0.2, -0.15) is 0 Å². The molecule has 1 saturated heterocycles. The normalized spacial score (nSPS) is 23.1. The van der Waals surface area contributed by atoms with E-state index in [9.17, 15) is 4.79 Å². The first kappa shape index (κ1) is 12.2. The average molecular weight is 212 g/mol. The fourth-order valence-corrected chi connectivity index (χ4v) is 1.60. The number of nitrogens with one attached hydrogen (secondary N) is 1. The third kappa shape index (κ3) is 4.44. The van der Waals surface area contributed by atoms with Crippen LogP contribution >= 0.6 is 0 Å². The van der Waals surface area contributed by atoms with E-state index < -0.39 is 6.04 Å². The van der Waals surface area contributed by atoms with Gasteiger partial charge in [0.2, 0.25) is 5.91 Å². The Hall–Kier alpha value is -0.870. The second-order valence-corrected chi connectivity index (χ2v) is 3.86. The largest absolute Gasteiger partial charge is 0.376 e. The second-order valence-electron chi connectivity index (χ2n) is 3.86. The molecule has 15 heavy (non-hydrogen) atoms. The highest BCUT2D eigenvalue weighted by Crippen LogP contribution is 2.11. The number of ether oxygens (including phenoxy) is 1. The molecule has 2 atom stereocenters. The van der Waals surface area contributed by atoms with E-state index in [1.807, 2.05) is 0 Å². The Morgan fingerprint density at radius 3 is 3.07 bits per heavy atom. The molecule has 0 aliphatic carbocycles. The lowest BCUT2D eigenvalue weighted by atomic mass is 10.1. The minimum absolute atomic E-state index is 0.121. The van der Waals surface area contributed by atoms with Crippen molar-refractivity contribution in [2.24, 2.45) is 5.73 Å². The summed E-state index contributed by atoms with van der Waals surface area (Å²) in [6.07, 6.45) is 5.66. The van der Waals surface area contributed by atoms with Gasteiger partial charge in [-0.05, 0) is 25.7 Å². The first-order valence-corrected chi connectivity index (χ1v) is 5.50. The predicted molar refractivity (Wildman–Crippen MR) is 59.4 cm³/mol. The summed E-state index contributed by atoms with van der Waals surface area (Å²) >= 11 is 0. The number of rotatable bonds is 5. The van der Waals surface area contributed by atoms with Gasteiger partial charge in [-0.25, -0.2) is 0 Å². The number of carbonyl (C=O) groups excluding carboxylic acids is 1. The van der Waals surface area contributed by atoms with Crippen molar-refractivity contribution in [2.75, 3.05) is 13.2 Å². The number of nitrogens with two attached hydrogens (primary N) is 1. The van der Waals surface area contributed by atoms with Crippen LogP contribution in [0, 0.1) is 0 Å². The van der Waals surface area contributed by atoms with Crippen LogP contribution in [0.2, 0.25) is 0 Å². The molecule has 0 aromatic heterocycles. The van der Waals surface area contributed by atoms with Gasteiger partial charge in [0.1, 0.15) is 0 Å². The van der Waals surface area contributed by atoms with Gasteiger partial charge in [-0.3, -0.25) is 4.79 Å². The number of carbonyl (C=O) groups is 1. The summed E-state index contributed by atoms with van der Waals surface area (Å²) < 4.78 is 5.49. The topological polar surface area (TPSA) is 64.4 Å². The van der Waals surface area contributed by atoms with Crippen molar-refractivity contribution in [3.05, 3.63) is 12.7 Å². The zero-order chi connectivity index (χ0) is 11.1. The molecule has 1 amide bonds. The van der Waals surface area contributed by atoms with Gasteiger partial charge in [-0.1, -0.05) is 6.08 Å². The Kier molecular flexibility index (Phi) is 5.36. The molecule has 0 saturated carbocycles. The summed E-state index contributed by atoms with van der Waals surface area (Å²) in [6, 6.07) is -0.480. The monoisotopic (exact) mass is 212 g/mol. The molecule has 0 aromatic carbocycles. The maximum Gasteiger partial charge on any atom is 0.237 e. The first-order chi connectivity index (χ1) is 7.24. The minimum atomic E-state index is -0.480. The summed E-state index contributed by atoms with van der Waals surface area (Å²) in [5, 5.41) is 2.80. The molecule has 2 unspecified atom stereocenters. The first-order valence-electron chi connectivity index (χ1n) is 5.50. The van der Waals surface area contributed by atoms with E-state index in [1.165, 1.54) is 6.42 Å². The van der Waals surface area contributed by atoms with E-state index in [4.69, 9.17) is 10.5 Å². The number of hydrogen-bond acceptors (Lipinski definition) is 3. The molecule has 1 aliphatic heterocycles. The zero-order valence-electron chi connectivity index (χ0n) is 9.08. The van der Waals surface area contributed by atoms with E-state index in [1.54, 1.807) is 6.08 Å². The average Bonchev–Trinajstić information content (AvgIpc) is 2.27. The van der Waals surface area contributed by atoms with Crippen molar-refractivity contribution < 1.29 is 9.53 Å². The quantitative estimate of drug-likeness (QED) is 0.655. The third-order valence-electron chi connectivity index (χ3n) is 2.54. The smallest absolute Gasteiger partial charge is 0.237 e. The lowest BCUT2D eigenvalue weighted by Crippen LogP contribution is -2.44. The fraction of sp³-hybridized carbons (Fsp3) is 0.727. The van der Waals surface area contributed by atoms with Crippen molar-refractivity contribution in [2.45, 2.75) is 37.8 Å². The van der Waals surface area contributed by atoms with Gasteiger partial charge in [0.15, 0.2) is 0 Å². The maximum atomic E-state index is 11.4. The van der Waals surface area contributed by atoms with Gasteiger partial charge in [0.05, 0.1) is 12.1 Å². The number of amides is 1. The summed E-state index contributed by atoms with van der Waals surface area (Å²) in [5.74, 6) is -0.121. The summed E-state index contributed by atoms with van der Waals surface area (Å²) in [5.41, 5.74) is 5.62. The van der Waals surface area contributed by atoms with Gasteiger partial charge >= 0.3 is 0 Å². The highest BCUT2D eigenvalue weighted by molar-refractivity contribution is 5.81. The van der Waals surface area contributed by atoms with Crippen LogP contribution in [-0.2, 0) is 9.53 Å². The Morgan fingerprint density at radius 1 is 1.67 bits per heavy atom. The van der Waals surface area contributed by atoms with Gasteiger partial charge < -0.3 is 15.8 Å². The SMILES string of the molecule is C=CCC(N)C(=O)NCC1CCCCO1. The molecule has 1 heterocycles. The highest BCUT2D eigenvalue weighted by atomic mass is 16.5. The van der Waals surface area contributed by atoms with Crippen LogP contribution in [0.15, 0.2) is 12.7 Å². The molecule has 3 N–H and O–H groups in total. The third-order valence-corrected chi connectivity index (χ3v) is 2.54. The lowest BCUT2D eigenvalue weighted by molar-refractivity contribution is -0.123. The van der Waals surface area contributed by atoms with Crippen molar-refractivity contribution in [1.29, 1.82) is 0 Å². The highest BCUT2D eigenvalue weighted by Gasteiger charge is 2.16. The van der Waals surface area contributed by atoms with Gasteiger partial charge in [0.25, 0.3) is 0 Å². The zero-order valence-corrected chi connectivity index (χ0v) is 9.08. The Labute approximate surface area is 90.9 Å². The van der Waals surface area contributed by atoms with E-state index >= 15 is 0 Å². The van der Waals surface area contributed by atoms with Crippen molar-refractivity contribution in [3.8, 4) is 0 Å². The minimum Gasteiger partial charge on any atom is -0.376 e. The van der Waals surface area contributed by atoms with Crippen molar-refractivity contribution in [1.82, 2.24) is 5.32 Å². The molecule has 4 nitrogen and oxygen atoms in total. The molecular formula is C11H20N2O2. The molecule has 1 aliphatic rings. The Balaban J connectivity index is 2.17. The van der Waals surface area contributed by atoms with Crippen LogP contribution in [0.3, 0.4) is 0 Å². The van der Waals surface area contributed by atoms with E-state index in [0.717, 1.165) is 19.4 Å². The van der Waals surface area contributed by atoms with Crippen LogP contribution in [-0.4, -0.2) is 31.2 Å². The molecule has 86 valence electrons. The van der Waals surface area contributed by atoms with E-state index in [-0.39, 0.29) is 12.0 Å². The Bertz CT molecular complexity index is 213. The van der Waals surface area contributed by atoms with Crippen molar-refractivity contribution in [3.63, 3.8) is 0 Å². The molecule has 0 bridgehead atoms. The molecule has 0 radical (unpaired) electrons. The molecule has 1 rings (SSSR count). The standard InChI is InChI=1S/C11H20N2O2/c1-2-5-10(12)11(14)13-8-9-6-3-4-7-15-9/h2,9-10H,1,3-8,12H2,(H,13,14). The van der Waals surface area contributed by atoms with E-state index in [0.29, 0.717) is 13.0 Å². The fourth-order valence-electron chi connectivity index (χ4n) is 1.60. The lowest BCUT2D eigenvalue weighted by Gasteiger charge is -2.23. The van der Waals surface area contributed by atoms with Gasteiger partial charge in [-0.15, -0.1) is 6.58 Å². The summed E-state index contributed by atoms with van der Waals surface area (Å²) in [4.78, 5) is 11.4. The van der Waals surface area contributed by atoms with Crippen LogP contribution in [0.5, 0.6) is 0 Å². The van der Waals surface area contributed by atoms with E-state index in [2.05, 4.69) is 11.9 Å². The molecular weight excluding hydrogens is 192 g/mol. The van der Waals surface area contributed by atoms with Crippen LogP contribution in [0.1, 0.15) is 25.7 Å². The molecule has 4 heteroatoms. The van der Waals surface area contributed by atoms with Crippen molar-refractivity contribution >= 4 is 5.91 Å². The molecule has 0 spiro atoms. The summed E-state index contributed by atoms with van der Waals surface area (Å²) in [6.45, 7) is 4.93. The van der Waals surface area contributed by atoms with Gasteiger partial charge in [0, 0.05) is 13.2 Å².